The third kappa shape index (κ3) is 3.36. The van der Waals surface area contributed by atoms with Gasteiger partial charge in [0.25, 0.3) is 0 Å². The molecule has 0 heterocycles. The lowest BCUT2D eigenvalue weighted by atomic mass is 10.1. The summed E-state index contributed by atoms with van der Waals surface area (Å²) in [6, 6.07) is 0. The average Bonchev–Trinajstić information content (AvgIpc) is 1.84. The Kier molecular flexibility index (Phi) is 4.99. The monoisotopic (exact) mass is 162 g/mol. The summed E-state index contributed by atoms with van der Waals surface area (Å²) in [5, 5.41) is 16.6. The van der Waals surface area contributed by atoms with Crippen LogP contribution in [0.25, 0.3) is 0 Å². The summed E-state index contributed by atoms with van der Waals surface area (Å²) >= 11 is 0. The van der Waals surface area contributed by atoms with Gasteiger partial charge in [0.15, 0.2) is 0 Å². The molecular weight excluding hydrogens is 152 g/mol. The second-order valence-corrected chi connectivity index (χ2v) is 1.86. The van der Waals surface area contributed by atoms with Gasteiger partial charge in [-0.1, -0.05) is 0 Å². The number of aliphatic carboxylic acids is 2. The van der Waals surface area contributed by atoms with Crippen molar-refractivity contribution in [2.75, 3.05) is 0 Å². The van der Waals surface area contributed by atoms with Crippen molar-refractivity contribution in [2.24, 2.45) is 0 Å². The van der Waals surface area contributed by atoms with Gasteiger partial charge in [0.05, 0.1) is 0 Å². The van der Waals surface area contributed by atoms with Crippen LogP contribution in [0.1, 0.15) is 13.8 Å². The SMILES string of the molecule is C/C(C(=O)O)=C(\C)C(=O)O.O. The van der Waals surface area contributed by atoms with Crippen molar-refractivity contribution in [1.82, 2.24) is 0 Å². The number of rotatable bonds is 2. The maximum absolute atomic E-state index is 10.1. The molecule has 0 radical (unpaired) electrons. The Bertz CT molecular complexity index is 181. The van der Waals surface area contributed by atoms with Gasteiger partial charge in [-0.05, 0) is 13.8 Å². The third-order valence-electron chi connectivity index (χ3n) is 1.20. The molecule has 5 nitrogen and oxygen atoms in total. The highest BCUT2D eigenvalue weighted by molar-refractivity contribution is 5.97. The van der Waals surface area contributed by atoms with Crippen molar-refractivity contribution >= 4 is 11.9 Å². The first kappa shape index (κ1) is 12.3. The van der Waals surface area contributed by atoms with Crippen LogP contribution in [-0.4, -0.2) is 27.6 Å². The summed E-state index contributed by atoms with van der Waals surface area (Å²) < 4.78 is 0. The maximum atomic E-state index is 10.1. The Balaban J connectivity index is 0. The summed E-state index contributed by atoms with van der Waals surface area (Å²) in [5.41, 5.74) is -0.264. The van der Waals surface area contributed by atoms with Crippen molar-refractivity contribution in [1.29, 1.82) is 0 Å². The smallest absolute Gasteiger partial charge is 0.331 e. The van der Waals surface area contributed by atoms with Gasteiger partial charge < -0.3 is 15.7 Å². The van der Waals surface area contributed by atoms with Gasteiger partial charge in [-0.25, -0.2) is 9.59 Å². The molecule has 64 valence electrons. The highest BCUT2D eigenvalue weighted by atomic mass is 16.4. The maximum Gasteiger partial charge on any atom is 0.331 e. The molecule has 0 fully saturated rings. The Labute approximate surface area is 63.3 Å². The Morgan fingerprint density at radius 2 is 1.09 bits per heavy atom. The largest absolute Gasteiger partial charge is 0.478 e. The number of carboxylic acid groups (broad SMARTS) is 2. The summed E-state index contributed by atoms with van der Waals surface area (Å²) in [4.78, 5) is 20.2. The minimum absolute atomic E-state index is 0. The van der Waals surface area contributed by atoms with E-state index >= 15 is 0 Å². The van der Waals surface area contributed by atoms with E-state index in [4.69, 9.17) is 10.2 Å². The number of carboxylic acids is 2. The molecule has 0 aliphatic heterocycles. The lowest BCUT2D eigenvalue weighted by Gasteiger charge is -1.95. The molecule has 0 spiro atoms. The van der Waals surface area contributed by atoms with Crippen molar-refractivity contribution in [3.63, 3.8) is 0 Å². The van der Waals surface area contributed by atoms with Gasteiger partial charge in [0.2, 0.25) is 0 Å². The zero-order valence-corrected chi connectivity index (χ0v) is 6.21. The lowest BCUT2D eigenvalue weighted by molar-refractivity contribution is -0.135. The molecule has 0 saturated carbocycles. The van der Waals surface area contributed by atoms with Crippen LogP contribution in [0, 0.1) is 0 Å². The zero-order valence-electron chi connectivity index (χ0n) is 6.21. The number of carbonyl (C=O) groups is 2. The van der Waals surface area contributed by atoms with Gasteiger partial charge in [-0.2, -0.15) is 0 Å². The molecule has 0 aromatic heterocycles. The highest BCUT2D eigenvalue weighted by Crippen LogP contribution is 2.02. The molecule has 11 heavy (non-hydrogen) atoms. The van der Waals surface area contributed by atoms with E-state index in [1.807, 2.05) is 0 Å². The Hall–Kier alpha value is -1.36. The Morgan fingerprint density at radius 1 is 0.909 bits per heavy atom. The molecule has 0 aromatic rings. The van der Waals surface area contributed by atoms with Crippen molar-refractivity contribution < 1.29 is 25.3 Å². The average molecular weight is 162 g/mol. The van der Waals surface area contributed by atoms with Crippen molar-refractivity contribution in [3.8, 4) is 0 Å². The first-order chi connectivity index (χ1) is 4.46. The fraction of sp³-hybridized carbons (Fsp3) is 0.333. The van der Waals surface area contributed by atoms with Gasteiger partial charge in [0, 0.05) is 11.1 Å². The van der Waals surface area contributed by atoms with E-state index in [1.54, 1.807) is 0 Å². The van der Waals surface area contributed by atoms with Crippen LogP contribution in [0.4, 0.5) is 0 Å². The second-order valence-electron chi connectivity index (χ2n) is 1.86. The third-order valence-corrected chi connectivity index (χ3v) is 1.20. The van der Waals surface area contributed by atoms with Crippen LogP contribution in [0.3, 0.4) is 0 Å². The standard InChI is InChI=1S/C6H8O4.H2O/c1-3(5(7)8)4(2)6(9)10;/h1-2H3,(H,7,8)(H,9,10);1H2/b4-3-;. The molecule has 4 N–H and O–H groups in total. The minimum Gasteiger partial charge on any atom is -0.478 e. The first-order valence-electron chi connectivity index (χ1n) is 2.61. The first-order valence-corrected chi connectivity index (χ1v) is 2.61. The minimum atomic E-state index is -1.19. The van der Waals surface area contributed by atoms with Crippen LogP contribution in [0.5, 0.6) is 0 Å². The molecule has 0 aliphatic rings. The molecule has 0 amide bonds. The Morgan fingerprint density at radius 3 is 1.18 bits per heavy atom. The fourth-order valence-electron chi connectivity index (χ4n) is 0.321. The highest BCUT2D eigenvalue weighted by Gasteiger charge is 2.09. The summed E-state index contributed by atoms with van der Waals surface area (Å²) in [5.74, 6) is -2.39. The van der Waals surface area contributed by atoms with E-state index in [2.05, 4.69) is 0 Å². The van der Waals surface area contributed by atoms with Gasteiger partial charge >= 0.3 is 11.9 Å². The van der Waals surface area contributed by atoms with Gasteiger partial charge in [0.1, 0.15) is 0 Å². The van der Waals surface area contributed by atoms with Crippen molar-refractivity contribution in [2.45, 2.75) is 13.8 Å². The molecule has 0 aromatic carbocycles. The molecule has 0 saturated heterocycles. The molecule has 5 heteroatoms. The predicted molar refractivity (Wildman–Crippen MR) is 37.3 cm³/mol. The molecule has 0 rings (SSSR count). The van der Waals surface area contributed by atoms with E-state index in [0.717, 1.165) is 0 Å². The van der Waals surface area contributed by atoms with Crippen LogP contribution in [0.2, 0.25) is 0 Å². The van der Waals surface area contributed by atoms with Crippen LogP contribution in [0.15, 0.2) is 11.1 Å². The van der Waals surface area contributed by atoms with Gasteiger partial charge in [-0.3, -0.25) is 0 Å². The zero-order chi connectivity index (χ0) is 8.31. The summed E-state index contributed by atoms with van der Waals surface area (Å²) in [6.07, 6.45) is 0. The molecular formula is C6H10O5. The van der Waals surface area contributed by atoms with Crippen molar-refractivity contribution in [3.05, 3.63) is 11.1 Å². The van der Waals surface area contributed by atoms with E-state index < -0.39 is 11.9 Å². The van der Waals surface area contributed by atoms with Gasteiger partial charge in [-0.15, -0.1) is 0 Å². The van der Waals surface area contributed by atoms with E-state index in [0.29, 0.717) is 0 Å². The number of hydrogen-bond acceptors (Lipinski definition) is 2. The van der Waals surface area contributed by atoms with Crippen LogP contribution >= 0.6 is 0 Å². The topological polar surface area (TPSA) is 106 Å². The van der Waals surface area contributed by atoms with E-state index in [9.17, 15) is 9.59 Å². The normalized spacial score (nSPS) is 11.1. The fourth-order valence-corrected chi connectivity index (χ4v) is 0.321. The predicted octanol–water partition coefficient (Wildman–Crippen LogP) is -0.333. The van der Waals surface area contributed by atoms with Crippen LogP contribution in [-0.2, 0) is 9.59 Å². The molecule has 0 atom stereocenters. The van der Waals surface area contributed by atoms with Crippen LogP contribution < -0.4 is 0 Å². The molecule has 0 aliphatic carbocycles. The summed E-state index contributed by atoms with van der Waals surface area (Å²) in [7, 11) is 0. The van der Waals surface area contributed by atoms with E-state index in [-0.39, 0.29) is 16.6 Å². The number of hydrogen-bond donors (Lipinski definition) is 2. The quantitative estimate of drug-likeness (QED) is 0.542. The van der Waals surface area contributed by atoms with E-state index in [1.165, 1.54) is 13.8 Å². The lowest BCUT2D eigenvalue weighted by Crippen LogP contribution is -2.06. The summed E-state index contributed by atoms with van der Waals surface area (Å²) in [6.45, 7) is 2.51. The molecule has 0 bridgehead atoms. The molecule has 0 unspecified atom stereocenters. The second kappa shape index (κ2) is 4.45.